The number of nitriles is 1. The van der Waals surface area contributed by atoms with E-state index in [0.717, 1.165) is 32.5 Å². The predicted molar refractivity (Wildman–Crippen MR) is 64.5 cm³/mol. The van der Waals surface area contributed by atoms with Gasteiger partial charge < -0.3 is 10.4 Å². The highest BCUT2D eigenvalue weighted by atomic mass is 16.4. The normalized spacial score (nSPS) is 22.9. The average molecular weight is 239 g/mol. The van der Waals surface area contributed by atoms with Gasteiger partial charge in [-0.05, 0) is 38.8 Å². The first-order chi connectivity index (χ1) is 8.13. The number of aliphatic carboxylic acids is 1. The molecule has 0 bridgehead atoms. The van der Waals surface area contributed by atoms with Crippen LogP contribution < -0.4 is 5.32 Å². The van der Waals surface area contributed by atoms with Crippen molar-refractivity contribution in [3.63, 3.8) is 0 Å². The molecule has 1 aliphatic heterocycles. The second-order valence-corrected chi connectivity index (χ2v) is 4.74. The van der Waals surface area contributed by atoms with E-state index in [1.165, 1.54) is 0 Å². The van der Waals surface area contributed by atoms with Crippen molar-refractivity contribution in [3.8, 4) is 6.07 Å². The molecule has 2 atom stereocenters. The number of likely N-dealkylation sites (tertiary alicyclic amines) is 1. The summed E-state index contributed by atoms with van der Waals surface area (Å²) in [4.78, 5) is 12.7. The number of nitrogens with one attached hydrogen (secondary N) is 1. The van der Waals surface area contributed by atoms with Crippen LogP contribution in [0.4, 0.5) is 0 Å². The molecule has 5 nitrogen and oxygen atoms in total. The molecule has 0 spiro atoms. The van der Waals surface area contributed by atoms with E-state index in [1.807, 2.05) is 0 Å². The van der Waals surface area contributed by atoms with Crippen LogP contribution in [-0.4, -0.2) is 48.2 Å². The fourth-order valence-electron chi connectivity index (χ4n) is 2.31. The molecule has 1 aliphatic rings. The molecule has 0 aromatic carbocycles. The van der Waals surface area contributed by atoms with Gasteiger partial charge in [-0.1, -0.05) is 0 Å². The van der Waals surface area contributed by atoms with Crippen LogP contribution in [0.15, 0.2) is 0 Å². The molecule has 2 unspecified atom stereocenters. The van der Waals surface area contributed by atoms with Gasteiger partial charge in [-0.15, -0.1) is 0 Å². The van der Waals surface area contributed by atoms with Crippen LogP contribution in [0.25, 0.3) is 0 Å². The SMILES string of the molecule is CC(CC#N)N1CCCC(CNCC(=O)O)C1. The fraction of sp³-hybridized carbons (Fsp3) is 0.833. The number of hydrogen-bond donors (Lipinski definition) is 2. The molecule has 1 heterocycles. The molecular weight excluding hydrogens is 218 g/mol. The Bertz CT molecular complexity index is 288. The first kappa shape index (κ1) is 13.9. The summed E-state index contributed by atoms with van der Waals surface area (Å²) in [6.45, 7) is 4.89. The van der Waals surface area contributed by atoms with Crippen LogP contribution in [0, 0.1) is 17.2 Å². The van der Waals surface area contributed by atoms with Crippen LogP contribution in [-0.2, 0) is 4.79 Å². The number of nitrogens with zero attached hydrogens (tertiary/aromatic N) is 2. The Kier molecular flexibility index (Phi) is 5.95. The molecule has 1 saturated heterocycles. The molecule has 0 amide bonds. The van der Waals surface area contributed by atoms with Crippen LogP contribution in [0.5, 0.6) is 0 Å². The molecule has 96 valence electrons. The lowest BCUT2D eigenvalue weighted by atomic mass is 9.96. The van der Waals surface area contributed by atoms with Gasteiger partial charge in [-0.3, -0.25) is 9.69 Å². The Hall–Kier alpha value is -1.12. The van der Waals surface area contributed by atoms with E-state index < -0.39 is 5.97 Å². The quantitative estimate of drug-likeness (QED) is 0.712. The zero-order valence-electron chi connectivity index (χ0n) is 10.4. The summed E-state index contributed by atoms with van der Waals surface area (Å²) in [6, 6.07) is 2.51. The maximum atomic E-state index is 10.4. The van der Waals surface area contributed by atoms with Crippen molar-refractivity contribution in [2.24, 2.45) is 5.92 Å². The molecule has 0 saturated carbocycles. The first-order valence-electron chi connectivity index (χ1n) is 6.17. The van der Waals surface area contributed by atoms with Crippen molar-refractivity contribution >= 4 is 5.97 Å². The highest BCUT2D eigenvalue weighted by Crippen LogP contribution is 2.18. The van der Waals surface area contributed by atoms with Gasteiger partial charge in [-0.25, -0.2) is 0 Å². The van der Waals surface area contributed by atoms with E-state index in [1.54, 1.807) is 0 Å². The van der Waals surface area contributed by atoms with E-state index >= 15 is 0 Å². The summed E-state index contributed by atoms with van der Waals surface area (Å²) in [6.07, 6.45) is 2.84. The number of hydrogen-bond acceptors (Lipinski definition) is 4. The van der Waals surface area contributed by atoms with Gasteiger partial charge in [0.05, 0.1) is 19.0 Å². The Morgan fingerprint density at radius 1 is 1.71 bits per heavy atom. The average Bonchev–Trinajstić information content (AvgIpc) is 2.29. The Morgan fingerprint density at radius 2 is 2.47 bits per heavy atom. The minimum Gasteiger partial charge on any atom is -0.480 e. The molecular formula is C12H21N3O2. The molecule has 2 N–H and O–H groups in total. The van der Waals surface area contributed by atoms with Gasteiger partial charge in [0.1, 0.15) is 0 Å². The lowest BCUT2D eigenvalue weighted by Gasteiger charge is -2.36. The van der Waals surface area contributed by atoms with Gasteiger partial charge >= 0.3 is 5.97 Å². The lowest BCUT2D eigenvalue weighted by molar-refractivity contribution is -0.136. The molecule has 0 aliphatic carbocycles. The summed E-state index contributed by atoms with van der Waals surface area (Å²) in [5.74, 6) is -0.306. The molecule has 0 radical (unpaired) electrons. The van der Waals surface area contributed by atoms with E-state index in [0.29, 0.717) is 18.4 Å². The predicted octanol–water partition coefficient (Wildman–Crippen LogP) is 0.675. The molecule has 17 heavy (non-hydrogen) atoms. The Morgan fingerprint density at radius 3 is 3.12 bits per heavy atom. The summed E-state index contributed by atoms with van der Waals surface area (Å²) >= 11 is 0. The van der Waals surface area contributed by atoms with E-state index in [2.05, 4.69) is 23.2 Å². The zero-order chi connectivity index (χ0) is 12.7. The Labute approximate surface area is 102 Å². The van der Waals surface area contributed by atoms with Crippen molar-refractivity contribution in [1.29, 1.82) is 5.26 Å². The third kappa shape index (κ3) is 5.16. The topological polar surface area (TPSA) is 76.4 Å². The minimum atomic E-state index is -0.810. The van der Waals surface area contributed by atoms with Gasteiger partial charge in [-0.2, -0.15) is 5.26 Å². The summed E-state index contributed by atoms with van der Waals surface area (Å²) < 4.78 is 0. The number of carboxylic acids is 1. The summed E-state index contributed by atoms with van der Waals surface area (Å²) in [5, 5.41) is 20.2. The third-order valence-electron chi connectivity index (χ3n) is 3.27. The summed E-state index contributed by atoms with van der Waals surface area (Å²) in [7, 11) is 0. The van der Waals surface area contributed by atoms with Crippen molar-refractivity contribution in [2.45, 2.75) is 32.2 Å². The molecule has 0 aromatic heterocycles. The van der Waals surface area contributed by atoms with Gasteiger partial charge in [0.15, 0.2) is 0 Å². The molecule has 1 fully saturated rings. The van der Waals surface area contributed by atoms with Crippen LogP contribution >= 0.6 is 0 Å². The highest BCUT2D eigenvalue weighted by molar-refractivity contribution is 5.68. The van der Waals surface area contributed by atoms with Crippen molar-refractivity contribution in [1.82, 2.24) is 10.2 Å². The molecule has 1 rings (SSSR count). The van der Waals surface area contributed by atoms with Crippen LogP contribution in [0.3, 0.4) is 0 Å². The number of piperidine rings is 1. The first-order valence-corrected chi connectivity index (χ1v) is 6.17. The zero-order valence-corrected chi connectivity index (χ0v) is 10.4. The molecule has 5 heteroatoms. The van der Waals surface area contributed by atoms with Crippen molar-refractivity contribution in [3.05, 3.63) is 0 Å². The third-order valence-corrected chi connectivity index (χ3v) is 3.27. The second-order valence-electron chi connectivity index (χ2n) is 4.74. The fourth-order valence-corrected chi connectivity index (χ4v) is 2.31. The lowest BCUT2D eigenvalue weighted by Crippen LogP contribution is -2.44. The van der Waals surface area contributed by atoms with E-state index in [4.69, 9.17) is 10.4 Å². The van der Waals surface area contributed by atoms with Gasteiger partial charge in [0.2, 0.25) is 0 Å². The van der Waals surface area contributed by atoms with Crippen molar-refractivity contribution < 1.29 is 9.90 Å². The van der Waals surface area contributed by atoms with E-state index in [-0.39, 0.29) is 6.54 Å². The maximum Gasteiger partial charge on any atom is 0.317 e. The largest absolute Gasteiger partial charge is 0.480 e. The highest BCUT2D eigenvalue weighted by Gasteiger charge is 2.23. The maximum absolute atomic E-state index is 10.4. The number of carboxylic acid groups (broad SMARTS) is 1. The monoisotopic (exact) mass is 239 g/mol. The summed E-state index contributed by atoms with van der Waals surface area (Å²) in [5.41, 5.74) is 0. The van der Waals surface area contributed by atoms with Crippen LogP contribution in [0.1, 0.15) is 26.2 Å². The van der Waals surface area contributed by atoms with Gasteiger partial charge in [0.25, 0.3) is 0 Å². The van der Waals surface area contributed by atoms with Gasteiger partial charge in [0, 0.05) is 12.6 Å². The molecule has 0 aromatic rings. The van der Waals surface area contributed by atoms with E-state index in [9.17, 15) is 4.79 Å². The number of rotatable bonds is 6. The standard InChI is InChI=1S/C12H21N3O2/c1-10(4-5-13)15-6-2-3-11(9-15)7-14-8-12(16)17/h10-11,14H,2-4,6-9H2,1H3,(H,16,17). The second kappa shape index (κ2) is 7.25. The van der Waals surface area contributed by atoms with Crippen molar-refractivity contribution in [2.75, 3.05) is 26.2 Å². The smallest absolute Gasteiger partial charge is 0.317 e. The van der Waals surface area contributed by atoms with Crippen LogP contribution in [0.2, 0.25) is 0 Å². The number of carbonyl (C=O) groups is 1. The Balaban J connectivity index is 2.28. The minimum absolute atomic E-state index is 0.0320.